The van der Waals surface area contributed by atoms with Gasteiger partial charge in [0.1, 0.15) is 0 Å². The first-order valence-corrected chi connectivity index (χ1v) is 22.5. The van der Waals surface area contributed by atoms with E-state index < -0.39 is 0 Å². The Morgan fingerprint density at radius 2 is 0.698 bits per heavy atom. The van der Waals surface area contributed by atoms with Crippen molar-refractivity contribution in [2.75, 3.05) is 0 Å². The molecule has 0 radical (unpaired) electrons. The minimum atomic E-state index is 1.16. The van der Waals surface area contributed by atoms with Gasteiger partial charge in [0.2, 0.25) is 0 Å². The fourth-order valence-corrected chi connectivity index (χ4v) is 11.9. The second-order valence-corrected chi connectivity index (χ2v) is 17.9. The highest BCUT2D eigenvalue weighted by molar-refractivity contribution is 7.26. The third-order valence-electron chi connectivity index (χ3n) is 13.5. The van der Waals surface area contributed by atoms with Crippen molar-refractivity contribution in [3.63, 3.8) is 0 Å². The molecule has 3 heterocycles. The maximum atomic E-state index is 2.45. The third-order valence-corrected chi connectivity index (χ3v) is 14.7. The molecule has 3 heteroatoms. The average Bonchev–Trinajstić information content (AvgIpc) is 4.01. The van der Waals surface area contributed by atoms with E-state index in [9.17, 15) is 0 Å². The Balaban J connectivity index is 0.889. The monoisotopic (exact) mass is 816 g/mol. The van der Waals surface area contributed by atoms with E-state index in [2.05, 4.69) is 228 Å². The molecular weight excluding hydrogens is 781 g/mol. The van der Waals surface area contributed by atoms with Crippen LogP contribution < -0.4 is 0 Å². The number of nitrogens with zero attached hydrogens (tertiary/aromatic N) is 2. The zero-order chi connectivity index (χ0) is 41.2. The lowest BCUT2D eigenvalue weighted by Crippen LogP contribution is -1.94. The number of aromatic nitrogens is 2. The lowest BCUT2D eigenvalue weighted by molar-refractivity contribution is 1.18. The Morgan fingerprint density at radius 1 is 0.254 bits per heavy atom. The summed E-state index contributed by atoms with van der Waals surface area (Å²) in [5, 5.41) is 15.4. The molecule has 0 saturated carbocycles. The first-order chi connectivity index (χ1) is 31.2. The van der Waals surface area contributed by atoms with Gasteiger partial charge in [-0.25, -0.2) is 0 Å². The molecule has 0 unspecified atom stereocenters. The molecule has 0 spiro atoms. The smallest absolute Gasteiger partial charge is 0.0541 e. The van der Waals surface area contributed by atoms with Crippen LogP contribution in [-0.4, -0.2) is 9.13 Å². The average molecular weight is 817 g/mol. The first kappa shape index (κ1) is 34.7. The summed E-state index contributed by atoms with van der Waals surface area (Å²) in [6.07, 6.45) is 0. The van der Waals surface area contributed by atoms with Gasteiger partial charge < -0.3 is 9.13 Å². The topological polar surface area (TPSA) is 9.86 Å². The summed E-state index contributed by atoms with van der Waals surface area (Å²) < 4.78 is 7.54. The van der Waals surface area contributed by atoms with E-state index in [0.29, 0.717) is 0 Å². The van der Waals surface area contributed by atoms with Crippen LogP contribution in [0.15, 0.2) is 218 Å². The molecule has 0 aliphatic carbocycles. The first-order valence-electron chi connectivity index (χ1n) is 21.7. The largest absolute Gasteiger partial charge is 0.309 e. The van der Waals surface area contributed by atoms with E-state index in [-0.39, 0.29) is 0 Å². The van der Waals surface area contributed by atoms with Gasteiger partial charge in [0.25, 0.3) is 0 Å². The van der Waals surface area contributed by atoms with Gasteiger partial charge in [0.15, 0.2) is 0 Å². The molecule has 292 valence electrons. The van der Waals surface area contributed by atoms with Gasteiger partial charge in [0, 0.05) is 53.1 Å². The summed E-state index contributed by atoms with van der Waals surface area (Å²) in [5.41, 5.74) is 12.1. The molecule has 0 N–H and O–H groups in total. The van der Waals surface area contributed by atoms with E-state index in [4.69, 9.17) is 0 Å². The van der Waals surface area contributed by atoms with Crippen molar-refractivity contribution in [1.29, 1.82) is 0 Å². The van der Waals surface area contributed by atoms with Gasteiger partial charge in [-0.15, -0.1) is 11.3 Å². The number of hydrogen-bond donors (Lipinski definition) is 0. The lowest BCUT2D eigenvalue weighted by atomic mass is 9.94. The Kier molecular flexibility index (Phi) is 7.30. The molecule has 0 aliphatic heterocycles. The predicted octanol–water partition coefficient (Wildman–Crippen LogP) is 17.0. The highest BCUT2D eigenvalue weighted by Gasteiger charge is 2.18. The number of benzene rings is 11. The second kappa shape index (κ2) is 13.3. The molecule has 3 aromatic heterocycles. The zero-order valence-corrected chi connectivity index (χ0v) is 34.9. The molecule has 63 heavy (non-hydrogen) atoms. The van der Waals surface area contributed by atoms with E-state index in [0.717, 1.165) is 5.69 Å². The van der Waals surface area contributed by atoms with Crippen LogP contribution in [0.1, 0.15) is 0 Å². The number of thiophene rings is 1. The summed E-state index contributed by atoms with van der Waals surface area (Å²) in [6.45, 7) is 0. The molecule has 0 fully saturated rings. The molecule has 11 aromatic carbocycles. The Morgan fingerprint density at radius 3 is 1.32 bits per heavy atom. The van der Waals surface area contributed by atoms with E-state index in [1.165, 1.54) is 124 Å². The van der Waals surface area contributed by atoms with Crippen LogP contribution in [0.25, 0.3) is 130 Å². The highest BCUT2D eigenvalue weighted by atomic mass is 32.1. The standard InChI is InChI=1S/C60H36N2S/c1-2-14-45-43(12-1)44-13-3-4-15-46(44)52-36-41(30-31-47(45)52)62-56-22-9-6-17-49(56)54-35-39(27-33-58(54)62)38-26-32-57-53(34-38)48-16-5-8-21-55(48)61(57)40-28-24-37(25-29-40)42-19-11-20-51-50-18-7-10-23-59(50)63-60(42)51/h1-36H. The van der Waals surface area contributed by atoms with Crippen LogP contribution in [0.3, 0.4) is 0 Å². The molecule has 14 rings (SSSR count). The van der Waals surface area contributed by atoms with Crippen LogP contribution >= 0.6 is 11.3 Å². The summed E-state index contributed by atoms with van der Waals surface area (Å²) in [6, 6.07) is 80.9. The SMILES string of the molecule is c1ccc2c(c1)sc1c(-c3ccc(-n4c5ccccc5c5cc(-c6ccc7c(c6)c6ccccc6n7-c6ccc7c8ccccc8c8ccccc8c7c6)ccc54)cc3)cccc12. The molecule has 14 aromatic rings. The Bertz CT molecular complexity index is 4160. The normalized spacial score (nSPS) is 12.1. The van der Waals surface area contributed by atoms with Gasteiger partial charge in [-0.2, -0.15) is 0 Å². The number of hydrogen-bond acceptors (Lipinski definition) is 1. The van der Waals surface area contributed by atoms with Crippen LogP contribution in [0, 0.1) is 0 Å². The maximum Gasteiger partial charge on any atom is 0.0541 e. The quantitative estimate of drug-likeness (QED) is 0.157. The van der Waals surface area contributed by atoms with Crippen LogP contribution in [0.5, 0.6) is 0 Å². The molecule has 0 amide bonds. The molecule has 2 nitrogen and oxygen atoms in total. The highest BCUT2D eigenvalue weighted by Crippen LogP contribution is 2.43. The summed E-state index contributed by atoms with van der Waals surface area (Å²) in [5.74, 6) is 0. The van der Waals surface area contributed by atoms with Crippen molar-refractivity contribution in [2.45, 2.75) is 0 Å². The van der Waals surface area contributed by atoms with Crippen LogP contribution in [0.4, 0.5) is 0 Å². The summed E-state index contributed by atoms with van der Waals surface area (Å²) >= 11 is 1.88. The van der Waals surface area contributed by atoms with Gasteiger partial charge in [-0.05, 0) is 121 Å². The molecule has 0 atom stereocenters. The number of rotatable bonds is 4. The van der Waals surface area contributed by atoms with Crippen molar-refractivity contribution in [2.24, 2.45) is 0 Å². The van der Waals surface area contributed by atoms with E-state index in [1.807, 2.05) is 11.3 Å². The molecule has 0 bridgehead atoms. The van der Waals surface area contributed by atoms with Crippen molar-refractivity contribution in [1.82, 2.24) is 9.13 Å². The number of fused-ring (bicyclic) bond motifs is 15. The maximum absolute atomic E-state index is 2.45. The minimum absolute atomic E-state index is 1.16. The van der Waals surface area contributed by atoms with Gasteiger partial charge in [-0.1, -0.05) is 152 Å². The van der Waals surface area contributed by atoms with Crippen LogP contribution in [-0.2, 0) is 0 Å². The lowest BCUT2D eigenvalue weighted by Gasteiger charge is -2.14. The summed E-state index contributed by atoms with van der Waals surface area (Å²) in [7, 11) is 0. The van der Waals surface area contributed by atoms with Crippen LogP contribution in [0.2, 0.25) is 0 Å². The zero-order valence-electron chi connectivity index (χ0n) is 34.1. The Hall–Kier alpha value is -7.98. The van der Waals surface area contributed by atoms with Crippen molar-refractivity contribution in [3.8, 4) is 33.6 Å². The van der Waals surface area contributed by atoms with E-state index >= 15 is 0 Å². The molecular formula is C60H36N2S. The minimum Gasteiger partial charge on any atom is -0.309 e. The van der Waals surface area contributed by atoms with Crippen molar-refractivity contribution < 1.29 is 0 Å². The van der Waals surface area contributed by atoms with Crippen molar-refractivity contribution in [3.05, 3.63) is 218 Å². The number of para-hydroxylation sites is 2. The van der Waals surface area contributed by atoms with E-state index in [1.54, 1.807) is 0 Å². The molecule has 0 saturated heterocycles. The van der Waals surface area contributed by atoms with Crippen molar-refractivity contribution >= 4 is 107 Å². The predicted molar refractivity (Wildman–Crippen MR) is 271 cm³/mol. The van der Waals surface area contributed by atoms with Gasteiger partial charge in [-0.3, -0.25) is 0 Å². The van der Waals surface area contributed by atoms with Gasteiger partial charge in [0.05, 0.1) is 22.1 Å². The Labute approximate surface area is 366 Å². The third kappa shape index (κ3) is 5.06. The molecule has 0 aliphatic rings. The summed E-state index contributed by atoms with van der Waals surface area (Å²) in [4.78, 5) is 0. The second-order valence-electron chi connectivity index (χ2n) is 16.8. The fraction of sp³-hybridized carbons (Fsp3) is 0. The van der Waals surface area contributed by atoms with Gasteiger partial charge >= 0.3 is 0 Å². The fourth-order valence-electron chi connectivity index (χ4n) is 10.7.